The third-order valence-electron chi connectivity index (χ3n) is 2.51. The molecule has 1 aromatic rings. The van der Waals surface area contributed by atoms with Crippen molar-refractivity contribution in [3.05, 3.63) is 29.0 Å². The zero-order valence-corrected chi connectivity index (χ0v) is 9.51. The van der Waals surface area contributed by atoms with Gasteiger partial charge in [-0.3, -0.25) is 9.78 Å². The van der Waals surface area contributed by atoms with E-state index >= 15 is 0 Å². The summed E-state index contributed by atoms with van der Waals surface area (Å²) in [6, 6.07) is 3.40. The topological polar surface area (TPSA) is 50.2 Å². The summed E-state index contributed by atoms with van der Waals surface area (Å²) in [5.41, 5.74) is 0.488. The first-order valence-corrected chi connectivity index (χ1v) is 6.01. The quantitative estimate of drug-likeness (QED) is 0.867. The molecule has 1 aromatic heterocycles. The Morgan fingerprint density at radius 1 is 1.67 bits per heavy atom. The van der Waals surface area contributed by atoms with E-state index in [4.69, 9.17) is 11.6 Å². The molecule has 0 amide bonds. The van der Waals surface area contributed by atoms with Gasteiger partial charge >= 0.3 is 5.97 Å². The number of carboxylic acids is 1. The summed E-state index contributed by atoms with van der Waals surface area (Å²) in [6.45, 7) is 0. The van der Waals surface area contributed by atoms with Gasteiger partial charge in [0.25, 0.3) is 0 Å². The van der Waals surface area contributed by atoms with Gasteiger partial charge in [0.2, 0.25) is 0 Å². The van der Waals surface area contributed by atoms with Crippen LogP contribution in [0.4, 0.5) is 0 Å². The van der Waals surface area contributed by atoms with Crippen molar-refractivity contribution in [1.29, 1.82) is 0 Å². The summed E-state index contributed by atoms with van der Waals surface area (Å²) < 4.78 is -0.932. The molecule has 0 bridgehead atoms. The summed E-state index contributed by atoms with van der Waals surface area (Å²) in [4.78, 5) is 15.5. The number of nitrogens with zero attached hydrogens (tertiary/aromatic N) is 1. The average Bonchev–Trinajstić information content (AvgIpc) is 2.68. The second kappa shape index (κ2) is 4.02. The molecule has 1 aliphatic rings. The zero-order valence-electron chi connectivity index (χ0n) is 7.94. The molecule has 1 atom stereocenters. The Kier molecular flexibility index (Phi) is 2.89. The highest BCUT2D eigenvalue weighted by atomic mass is 35.5. The Morgan fingerprint density at radius 3 is 3.00 bits per heavy atom. The first-order chi connectivity index (χ1) is 7.17. The Bertz CT molecular complexity index is 391. The van der Waals surface area contributed by atoms with Gasteiger partial charge in [0.05, 0.1) is 10.7 Å². The molecular weight excluding hydrogens is 234 g/mol. The lowest BCUT2D eigenvalue weighted by Gasteiger charge is -2.22. The minimum atomic E-state index is -0.932. The summed E-state index contributed by atoms with van der Waals surface area (Å²) in [5.74, 6) is 0.00439. The summed E-state index contributed by atoms with van der Waals surface area (Å²) in [5, 5.41) is 9.76. The van der Waals surface area contributed by atoms with E-state index in [1.807, 2.05) is 0 Å². The Morgan fingerprint density at radius 2 is 2.47 bits per heavy atom. The van der Waals surface area contributed by atoms with Crippen LogP contribution in [-0.4, -0.2) is 21.8 Å². The molecule has 1 N–H and O–H groups in total. The number of pyridine rings is 1. The molecule has 80 valence electrons. The SMILES string of the molecule is O=C(O)C1(c2ncccc2Cl)CCCS1. The maximum Gasteiger partial charge on any atom is 0.326 e. The molecular formula is C10H10ClNO2S. The van der Waals surface area contributed by atoms with Crippen LogP contribution in [-0.2, 0) is 9.54 Å². The van der Waals surface area contributed by atoms with Gasteiger partial charge < -0.3 is 5.11 Å². The normalized spacial score (nSPS) is 25.4. The fourth-order valence-electron chi connectivity index (χ4n) is 1.78. The van der Waals surface area contributed by atoms with Crippen LogP contribution in [0.1, 0.15) is 18.5 Å². The number of rotatable bonds is 2. The van der Waals surface area contributed by atoms with E-state index in [9.17, 15) is 9.90 Å². The van der Waals surface area contributed by atoms with E-state index in [1.54, 1.807) is 18.3 Å². The van der Waals surface area contributed by atoms with Gasteiger partial charge in [0.1, 0.15) is 0 Å². The maximum absolute atomic E-state index is 11.4. The first kappa shape index (κ1) is 10.8. The smallest absolute Gasteiger partial charge is 0.326 e. The van der Waals surface area contributed by atoms with Gasteiger partial charge in [0.15, 0.2) is 4.75 Å². The molecule has 1 unspecified atom stereocenters. The molecule has 0 spiro atoms. The second-order valence-corrected chi connectivity index (χ2v) is 5.22. The molecule has 1 saturated heterocycles. The van der Waals surface area contributed by atoms with Crippen molar-refractivity contribution in [3.8, 4) is 0 Å². The molecule has 2 rings (SSSR count). The van der Waals surface area contributed by atoms with Crippen molar-refractivity contribution in [2.75, 3.05) is 5.75 Å². The molecule has 0 aliphatic carbocycles. The molecule has 1 fully saturated rings. The lowest BCUT2D eigenvalue weighted by molar-refractivity contribution is -0.140. The van der Waals surface area contributed by atoms with Crippen LogP contribution in [0.15, 0.2) is 18.3 Å². The van der Waals surface area contributed by atoms with Crippen LogP contribution in [0, 0.1) is 0 Å². The van der Waals surface area contributed by atoms with E-state index in [0.29, 0.717) is 17.1 Å². The van der Waals surface area contributed by atoms with Crippen LogP contribution < -0.4 is 0 Å². The van der Waals surface area contributed by atoms with Gasteiger partial charge in [-0.2, -0.15) is 0 Å². The van der Waals surface area contributed by atoms with Crippen molar-refractivity contribution in [2.45, 2.75) is 17.6 Å². The predicted octanol–water partition coefficient (Wildman–Crippen LogP) is 2.54. The number of aromatic nitrogens is 1. The van der Waals surface area contributed by atoms with Gasteiger partial charge in [-0.1, -0.05) is 11.6 Å². The lowest BCUT2D eigenvalue weighted by atomic mass is 9.98. The highest BCUT2D eigenvalue weighted by molar-refractivity contribution is 8.01. The van der Waals surface area contributed by atoms with Crippen molar-refractivity contribution >= 4 is 29.3 Å². The first-order valence-electron chi connectivity index (χ1n) is 4.65. The molecule has 1 aliphatic heterocycles. The van der Waals surface area contributed by atoms with Crippen LogP contribution >= 0.6 is 23.4 Å². The summed E-state index contributed by atoms with van der Waals surface area (Å²) in [7, 11) is 0. The minimum Gasteiger partial charge on any atom is -0.480 e. The number of halogens is 1. The van der Waals surface area contributed by atoms with Crippen molar-refractivity contribution in [1.82, 2.24) is 4.98 Å². The number of carbonyl (C=O) groups is 1. The molecule has 0 saturated carbocycles. The monoisotopic (exact) mass is 243 g/mol. The van der Waals surface area contributed by atoms with E-state index in [1.165, 1.54) is 11.8 Å². The number of thioether (sulfide) groups is 1. The van der Waals surface area contributed by atoms with Crippen molar-refractivity contribution < 1.29 is 9.90 Å². The van der Waals surface area contributed by atoms with E-state index < -0.39 is 10.7 Å². The Hall–Kier alpha value is -0.740. The van der Waals surface area contributed by atoms with E-state index in [0.717, 1.165) is 12.2 Å². The number of carboxylic acid groups (broad SMARTS) is 1. The van der Waals surface area contributed by atoms with Gasteiger partial charge in [-0.15, -0.1) is 11.8 Å². The van der Waals surface area contributed by atoms with Gasteiger partial charge in [0, 0.05) is 6.20 Å². The van der Waals surface area contributed by atoms with Gasteiger partial charge in [-0.25, -0.2) is 0 Å². The van der Waals surface area contributed by atoms with Crippen molar-refractivity contribution in [2.24, 2.45) is 0 Å². The second-order valence-electron chi connectivity index (χ2n) is 3.42. The largest absolute Gasteiger partial charge is 0.480 e. The fourth-order valence-corrected chi connectivity index (χ4v) is 3.47. The highest BCUT2D eigenvalue weighted by Crippen LogP contribution is 2.47. The van der Waals surface area contributed by atoms with Crippen LogP contribution in [0.5, 0.6) is 0 Å². The molecule has 0 radical (unpaired) electrons. The molecule has 5 heteroatoms. The fraction of sp³-hybridized carbons (Fsp3) is 0.400. The summed E-state index contributed by atoms with van der Waals surface area (Å²) in [6.07, 6.45) is 3.08. The van der Waals surface area contributed by atoms with Crippen LogP contribution in [0.3, 0.4) is 0 Å². The number of hydrogen-bond acceptors (Lipinski definition) is 3. The number of hydrogen-bond donors (Lipinski definition) is 1. The van der Waals surface area contributed by atoms with Gasteiger partial charge in [-0.05, 0) is 30.7 Å². The summed E-state index contributed by atoms with van der Waals surface area (Å²) >= 11 is 7.42. The Balaban J connectivity index is 2.50. The standard InChI is InChI=1S/C10H10ClNO2S/c11-7-3-1-5-12-8(7)10(9(13)14)4-2-6-15-10/h1,3,5H,2,4,6H2,(H,13,14). The third-order valence-corrected chi connectivity index (χ3v) is 4.37. The van der Waals surface area contributed by atoms with Crippen molar-refractivity contribution in [3.63, 3.8) is 0 Å². The molecule has 3 nitrogen and oxygen atoms in total. The minimum absolute atomic E-state index is 0.439. The molecule has 2 heterocycles. The van der Waals surface area contributed by atoms with E-state index in [-0.39, 0.29) is 0 Å². The number of aliphatic carboxylic acids is 1. The highest BCUT2D eigenvalue weighted by Gasteiger charge is 2.46. The molecule has 15 heavy (non-hydrogen) atoms. The van der Waals surface area contributed by atoms with E-state index in [2.05, 4.69) is 4.98 Å². The van der Waals surface area contributed by atoms with Crippen LogP contribution in [0.2, 0.25) is 5.02 Å². The lowest BCUT2D eigenvalue weighted by Crippen LogP contribution is -2.30. The molecule has 0 aromatic carbocycles. The maximum atomic E-state index is 11.4. The predicted molar refractivity (Wildman–Crippen MR) is 60.3 cm³/mol. The van der Waals surface area contributed by atoms with Crippen LogP contribution in [0.25, 0.3) is 0 Å². The Labute approximate surface area is 96.9 Å². The average molecular weight is 244 g/mol. The zero-order chi connectivity index (χ0) is 10.9. The third kappa shape index (κ3) is 1.72.